The van der Waals surface area contributed by atoms with Crippen LogP contribution in [-0.4, -0.2) is 24.3 Å². The zero-order valence-corrected chi connectivity index (χ0v) is 13.8. The number of carbonyl (C=O) groups is 1. The fourth-order valence-electron chi connectivity index (χ4n) is 2.75. The second-order valence-corrected chi connectivity index (χ2v) is 6.05. The van der Waals surface area contributed by atoms with E-state index in [0.717, 1.165) is 0 Å². The SMILES string of the molecule is COc1ccccc1C(=O)CC1=NC(C)(C)Oc2ccc(F)cc21. The van der Waals surface area contributed by atoms with E-state index < -0.39 is 11.5 Å². The van der Waals surface area contributed by atoms with Crippen LogP contribution in [0.2, 0.25) is 0 Å². The third-order valence-corrected chi connectivity index (χ3v) is 3.75. The molecule has 1 heterocycles. The molecule has 3 rings (SSSR count). The molecule has 0 spiro atoms. The smallest absolute Gasteiger partial charge is 0.194 e. The topological polar surface area (TPSA) is 47.9 Å². The van der Waals surface area contributed by atoms with Gasteiger partial charge in [0.15, 0.2) is 11.5 Å². The molecule has 0 saturated heterocycles. The number of halogens is 1. The lowest BCUT2D eigenvalue weighted by Gasteiger charge is -2.30. The Morgan fingerprint density at radius 3 is 2.75 bits per heavy atom. The van der Waals surface area contributed by atoms with Crippen LogP contribution in [-0.2, 0) is 0 Å². The van der Waals surface area contributed by atoms with E-state index in [4.69, 9.17) is 9.47 Å². The summed E-state index contributed by atoms with van der Waals surface area (Å²) >= 11 is 0. The highest BCUT2D eigenvalue weighted by atomic mass is 19.1. The average molecular weight is 327 g/mol. The molecule has 1 aliphatic heterocycles. The summed E-state index contributed by atoms with van der Waals surface area (Å²) < 4.78 is 24.6. The quantitative estimate of drug-likeness (QED) is 0.797. The van der Waals surface area contributed by atoms with Crippen molar-refractivity contribution in [3.8, 4) is 11.5 Å². The standard InChI is InChI=1S/C19H18FNO3/c1-19(2)21-15(14-10-12(20)8-9-18(14)24-19)11-16(22)13-6-4-5-7-17(13)23-3/h4-10H,11H2,1-3H3. The summed E-state index contributed by atoms with van der Waals surface area (Å²) in [6.45, 7) is 3.60. The lowest BCUT2D eigenvalue weighted by molar-refractivity contribution is 0.0991. The number of aliphatic imine (C=N–C) groups is 1. The van der Waals surface area contributed by atoms with Gasteiger partial charge in [-0.25, -0.2) is 9.38 Å². The Morgan fingerprint density at radius 1 is 1.25 bits per heavy atom. The Balaban J connectivity index is 1.98. The molecule has 0 atom stereocenters. The summed E-state index contributed by atoms with van der Waals surface area (Å²) in [7, 11) is 1.52. The van der Waals surface area contributed by atoms with Crippen LogP contribution < -0.4 is 9.47 Å². The van der Waals surface area contributed by atoms with Crippen LogP contribution >= 0.6 is 0 Å². The van der Waals surface area contributed by atoms with Gasteiger partial charge in [-0.05, 0) is 44.2 Å². The molecule has 24 heavy (non-hydrogen) atoms. The maximum Gasteiger partial charge on any atom is 0.194 e. The van der Waals surface area contributed by atoms with Gasteiger partial charge in [0.1, 0.15) is 17.3 Å². The normalized spacial score (nSPS) is 15.1. The number of carbonyl (C=O) groups excluding carboxylic acids is 1. The molecule has 2 aromatic carbocycles. The van der Waals surface area contributed by atoms with Crippen LogP contribution in [0, 0.1) is 5.82 Å². The summed E-state index contributed by atoms with van der Waals surface area (Å²) in [6, 6.07) is 11.3. The molecule has 0 aliphatic carbocycles. The van der Waals surface area contributed by atoms with Crippen molar-refractivity contribution >= 4 is 11.5 Å². The monoisotopic (exact) mass is 327 g/mol. The fraction of sp³-hybridized carbons (Fsp3) is 0.263. The third-order valence-electron chi connectivity index (χ3n) is 3.75. The number of para-hydroxylation sites is 1. The van der Waals surface area contributed by atoms with E-state index in [-0.39, 0.29) is 12.2 Å². The van der Waals surface area contributed by atoms with Crippen molar-refractivity contribution in [2.24, 2.45) is 4.99 Å². The highest BCUT2D eigenvalue weighted by molar-refractivity contribution is 6.17. The van der Waals surface area contributed by atoms with Gasteiger partial charge in [0, 0.05) is 5.56 Å². The van der Waals surface area contributed by atoms with Crippen LogP contribution in [0.5, 0.6) is 11.5 Å². The van der Waals surface area contributed by atoms with Gasteiger partial charge in [-0.1, -0.05) is 12.1 Å². The first-order chi connectivity index (χ1) is 11.4. The molecular weight excluding hydrogens is 309 g/mol. The van der Waals surface area contributed by atoms with Crippen molar-refractivity contribution in [3.05, 3.63) is 59.4 Å². The van der Waals surface area contributed by atoms with Gasteiger partial charge in [-0.15, -0.1) is 0 Å². The first kappa shape index (κ1) is 16.2. The van der Waals surface area contributed by atoms with E-state index in [9.17, 15) is 9.18 Å². The number of methoxy groups -OCH3 is 1. The molecule has 0 aromatic heterocycles. The lowest BCUT2D eigenvalue weighted by Crippen LogP contribution is -2.33. The number of rotatable bonds is 4. The first-order valence-electron chi connectivity index (χ1n) is 7.63. The second kappa shape index (κ2) is 6.07. The molecule has 0 N–H and O–H groups in total. The molecule has 0 saturated carbocycles. The molecule has 4 nitrogen and oxygen atoms in total. The van der Waals surface area contributed by atoms with Crippen molar-refractivity contribution in [1.29, 1.82) is 0 Å². The van der Waals surface area contributed by atoms with Crippen LogP contribution in [0.4, 0.5) is 4.39 Å². The maximum atomic E-state index is 13.6. The molecule has 2 aromatic rings. The van der Waals surface area contributed by atoms with E-state index in [2.05, 4.69) is 4.99 Å². The van der Waals surface area contributed by atoms with E-state index >= 15 is 0 Å². The van der Waals surface area contributed by atoms with Gasteiger partial charge < -0.3 is 9.47 Å². The van der Waals surface area contributed by atoms with Crippen LogP contribution in [0.25, 0.3) is 0 Å². The number of ketones is 1. The summed E-state index contributed by atoms with van der Waals surface area (Å²) in [5, 5.41) is 0. The summed E-state index contributed by atoms with van der Waals surface area (Å²) in [5.74, 6) is 0.502. The predicted molar refractivity (Wildman–Crippen MR) is 89.6 cm³/mol. The van der Waals surface area contributed by atoms with E-state index in [1.54, 1.807) is 44.2 Å². The number of hydrogen-bond donors (Lipinski definition) is 0. The number of hydrogen-bond acceptors (Lipinski definition) is 4. The lowest BCUT2D eigenvalue weighted by atomic mass is 9.97. The Hall–Kier alpha value is -2.69. The van der Waals surface area contributed by atoms with Crippen molar-refractivity contribution < 1.29 is 18.7 Å². The highest BCUT2D eigenvalue weighted by Gasteiger charge is 2.29. The van der Waals surface area contributed by atoms with E-state index in [0.29, 0.717) is 28.3 Å². The van der Waals surface area contributed by atoms with Crippen molar-refractivity contribution in [2.75, 3.05) is 7.11 Å². The van der Waals surface area contributed by atoms with Gasteiger partial charge in [0.05, 0.1) is 24.8 Å². The number of benzene rings is 2. The molecule has 124 valence electrons. The minimum atomic E-state index is -0.804. The molecular formula is C19H18FNO3. The van der Waals surface area contributed by atoms with Crippen molar-refractivity contribution in [1.82, 2.24) is 0 Å². The molecule has 0 fully saturated rings. The highest BCUT2D eigenvalue weighted by Crippen LogP contribution is 2.32. The number of Topliss-reactive ketones (excluding diaryl/α,β-unsaturated/α-hetero) is 1. The van der Waals surface area contributed by atoms with Crippen LogP contribution in [0.15, 0.2) is 47.5 Å². The number of fused-ring (bicyclic) bond motifs is 1. The maximum absolute atomic E-state index is 13.6. The molecule has 1 aliphatic rings. The van der Waals surface area contributed by atoms with Gasteiger partial charge >= 0.3 is 0 Å². The van der Waals surface area contributed by atoms with Crippen molar-refractivity contribution in [2.45, 2.75) is 26.0 Å². The van der Waals surface area contributed by atoms with Gasteiger partial charge in [0.25, 0.3) is 0 Å². The third kappa shape index (κ3) is 3.15. The number of nitrogens with zero attached hydrogens (tertiary/aromatic N) is 1. The van der Waals surface area contributed by atoms with E-state index in [1.807, 2.05) is 0 Å². The predicted octanol–water partition coefficient (Wildman–Crippen LogP) is 4.02. The first-order valence-corrected chi connectivity index (χ1v) is 7.63. The summed E-state index contributed by atoms with van der Waals surface area (Å²) in [6.07, 6.45) is 0.0453. The zero-order chi connectivity index (χ0) is 17.3. The zero-order valence-electron chi connectivity index (χ0n) is 13.8. The fourth-order valence-corrected chi connectivity index (χ4v) is 2.75. The minimum Gasteiger partial charge on any atom is -0.496 e. The van der Waals surface area contributed by atoms with Gasteiger partial charge in [0.2, 0.25) is 0 Å². The molecule has 0 radical (unpaired) electrons. The Kier molecular flexibility index (Phi) is 4.09. The van der Waals surface area contributed by atoms with Crippen molar-refractivity contribution in [3.63, 3.8) is 0 Å². The summed E-state index contributed by atoms with van der Waals surface area (Å²) in [5.41, 5.74) is 0.695. The Labute approximate surface area is 139 Å². The molecule has 5 heteroatoms. The molecule has 0 amide bonds. The molecule has 0 bridgehead atoms. The minimum absolute atomic E-state index is 0.0453. The van der Waals surface area contributed by atoms with Gasteiger partial charge in [-0.3, -0.25) is 4.79 Å². The summed E-state index contributed by atoms with van der Waals surface area (Å²) in [4.78, 5) is 17.2. The van der Waals surface area contributed by atoms with Gasteiger partial charge in [-0.2, -0.15) is 0 Å². The average Bonchev–Trinajstić information content (AvgIpc) is 2.54. The van der Waals surface area contributed by atoms with E-state index in [1.165, 1.54) is 19.2 Å². The largest absolute Gasteiger partial charge is 0.496 e. The molecule has 0 unspecified atom stereocenters. The Morgan fingerprint density at radius 2 is 2.00 bits per heavy atom. The van der Waals surface area contributed by atoms with Crippen LogP contribution in [0.3, 0.4) is 0 Å². The Bertz CT molecular complexity index is 827. The second-order valence-electron chi connectivity index (χ2n) is 6.05. The van der Waals surface area contributed by atoms with Crippen LogP contribution in [0.1, 0.15) is 36.2 Å². The number of ether oxygens (including phenoxy) is 2.